The van der Waals surface area contributed by atoms with Crippen LogP contribution in [0.3, 0.4) is 0 Å². The van der Waals surface area contributed by atoms with Crippen molar-refractivity contribution >= 4 is 44.8 Å². The molecule has 1 aliphatic heterocycles. The van der Waals surface area contributed by atoms with E-state index in [0.29, 0.717) is 16.4 Å². The Morgan fingerprint density at radius 1 is 1.16 bits per heavy atom. The van der Waals surface area contributed by atoms with Gasteiger partial charge < -0.3 is 9.47 Å². The zero-order valence-corrected chi connectivity index (χ0v) is 17.7. The molecule has 1 heterocycles. The van der Waals surface area contributed by atoms with Crippen molar-refractivity contribution in [1.29, 1.82) is 0 Å². The fraction of sp³-hybridized carbons (Fsp3) is 0.444. The zero-order chi connectivity index (χ0) is 18.7. The minimum Gasteiger partial charge on any atom is -0.496 e. The molecule has 0 spiro atoms. The van der Waals surface area contributed by atoms with Crippen LogP contribution in [0.2, 0.25) is 0 Å². The number of methoxy groups -OCH3 is 2. The summed E-state index contributed by atoms with van der Waals surface area (Å²) < 4.78 is 11.5. The van der Waals surface area contributed by atoms with Crippen LogP contribution in [0, 0.1) is 0 Å². The summed E-state index contributed by atoms with van der Waals surface area (Å²) in [5.74, 6) is 1.29. The first-order chi connectivity index (χ1) is 11.8. The van der Waals surface area contributed by atoms with Gasteiger partial charge in [0.15, 0.2) is 5.17 Å². The number of thioether (sulfide) groups is 1. The van der Waals surface area contributed by atoms with Gasteiger partial charge in [-0.25, -0.2) is 0 Å². The Morgan fingerprint density at radius 3 is 2.32 bits per heavy atom. The molecule has 1 amide bonds. The number of nitrogens with zero attached hydrogens (tertiary/aromatic N) is 2. The van der Waals surface area contributed by atoms with E-state index in [1.165, 1.54) is 11.8 Å². The highest BCUT2D eigenvalue weighted by Gasteiger charge is 2.35. The molecule has 0 radical (unpaired) electrons. The smallest absolute Gasteiger partial charge is 0.266 e. The van der Waals surface area contributed by atoms with Gasteiger partial charge in [-0.15, -0.1) is 0 Å². The molecular formula is C18H23BrN2O3S. The molecule has 0 aromatic heterocycles. The van der Waals surface area contributed by atoms with Crippen molar-refractivity contribution in [3.05, 3.63) is 27.1 Å². The molecule has 0 bridgehead atoms. The summed E-state index contributed by atoms with van der Waals surface area (Å²) >= 11 is 4.88. The Kier molecular flexibility index (Phi) is 6.57. The molecule has 1 aromatic rings. The van der Waals surface area contributed by atoms with Crippen LogP contribution in [0.4, 0.5) is 0 Å². The molecule has 25 heavy (non-hydrogen) atoms. The summed E-state index contributed by atoms with van der Waals surface area (Å²) in [5.41, 5.74) is 0.806. The van der Waals surface area contributed by atoms with Crippen molar-refractivity contribution in [3.8, 4) is 11.5 Å². The normalized spacial score (nSPS) is 18.1. The first kappa shape index (κ1) is 19.8. The zero-order valence-electron chi connectivity index (χ0n) is 15.3. The van der Waals surface area contributed by atoms with Crippen LogP contribution in [0.15, 0.2) is 26.5 Å². The number of carbonyl (C=O) groups excluding carboxylic acids is 1. The number of rotatable bonds is 5. The summed E-state index contributed by atoms with van der Waals surface area (Å²) in [6.07, 6.45) is 1.84. The Bertz CT molecular complexity index is 729. The molecule has 7 heteroatoms. The van der Waals surface area contributed by atoms with E-state index in [1.54, 1.807) is 25.2 Å². The largest absolute Gasteiger partial charge is 0.496 e. The van der Waals surface area contributed by atoms with Crippen molar-refractivity contribution in [2.45, 2.75) is 39.8 Å². The lowest BCUT2D eigenvalue weighted by Crippen LogP contribution is -2.35. The Balaban J connectivity index is 2.48. The number of hydrogen-bond donors (Lipinski definition) is 0. The third kappa shape index (κ3) is 4.39. The van der Waals surface area contributed by atoms with E-state index in [-0.39, 0.29) is 18.0 Å². The maximum absolute atomic E-state index is 12.8. The van der Waals surface area contributed by atoms with Crippen LogP contribution < -0.4 is 9.47 Å². The van der Waals surface area contributed by atoms with Crippen molar-refractivity contribution in [3.63, 3.8) is 0 Å². The molecule has 1 aliphatic rings. The lowest BCUT2D eigenvalue weighted by Gasteiger charge is -2.20. The molecule has 0 saturated carbocycles. The van der Waals surface area contributed by atoms with Crippen LogP contribution in [0.25, 0.3) is 6.08 Å². The second kappa shape index (κ2) is 8.27. The standard InChI is InChI=1S/C18H23BrN2O3S/c1-10(2)20-18-21(11(3)4)17(22)16(25-18)8-12-7-13(19)15(24-6)9-14(12)23-5/h7-11H,1-6H3/b16-8+,20-18?. The fourth-order valence-corrected chi connectivity index (χ4v) is 4.14. The molecule has 1 aromatic carbocycles. The van der Waals surface area contributed by atoms with Crippen LogP contribution in [0.5, 0.6) is 11.5 Å². The SMILES string of the molecule is COc1cc(OC)c(/C=C2/SC(=NC(C)C)N(C(C)C)C2=O)cc1Br. The quantitative estimate of drug-likeness (QED) is 0.647. The number of benzene rings is 1. The number of aliphatic imine (C=N–C) groups is 1. The molecular weight excluding hydrogens is 404 g/mol. The summed E-state index contributed by atoms with van der Waals surface area (Å²) in [7, 11) is 3.20. The van der Waals surface area contributed by atoms with E-state index in [4.69, 9.17) is 9.47 Å². The monoisotopic (exact) mass is 426 g/mol. The average molecular weight is 427 g/mol. The van der Waals surface area contributed by atoms with Gasteiger partial charge in [0.25, 0.3) is 5.91 Å². The summed E-state index contributed by atoms with van der Waals surface area (Å²) in [4.78, 5) is 19.8. The van der Waals surface area contributed by atoms with Gasteiger partial charge >= 0.3 is 0 Å². The number of amidine groups is 1. The van der Waals surface area contributed by atoms with Gasteiger partial charge in [0.1, 0.15) is 11.5 Å². The predicted octanol–water partition coefficient (Wildman–Crippen LogP) is 4.56. The van der Waals surface area contributed by atoms with Crippen LogP contribution in [-0.4, -0.2) is 42.3 Å². The number of carbonyl (C=O) groups is 1. The van der Waals surface area contributed by atoms with Gasteiger partial charge in [-0.05, 0) is 67.5 Å². The van der Waals surface area contributed by atoms with Gasteiger partial charge in [-0.2, -0.15) is 0 Å². The van der Waals surface area contributed by atoms with Gasteiger partial charge in [0, 0.05) is 23.7 Å². The predicted molar refractivity (Wildman–Crippen MR) is 107 cm³/mol. The van der Waals surface area contributed by atoms with Crippen LogP contribution in [-0.2, 0) is 4.79 Å². The molecule has 0 aliphatic carbocycles. The summed E-state index contributed by atoms with van der Waals surface area (Å²) in [5, 5.41) is 0.743. The molecule has 1 fully saturated rings. The van der Waals surface area contributed by atoms with Gasteiger partial charge in [-0.1, -0.05) is 0 Å². The summed E-state index contributed by atoms with van der Waals surface area (Å²) in [6, 6.07) is 3.85. The summed E-state index contributed by atoms with van der Waals surface area (Å²) in [6.45, 7) is 7.98. The lowest BCUT2D eigenvalue weighted by atomic mass is 10.1. The van der Waals surface area contributed by atoms with Crippen molar-refractivity contribution in [2.24, 2.45) is 4.99 Å². The van der Waals surface area contributed by atoms with Crippen molar-refractivity contribution in [2.75, 3.05) is 14.2 Å². The van der Waals surface area contributed by atoms with Gasteiger partial charge in [0.2, 0.25) is 0 Å². The van der Waals surface area contributed by atoms with E-state index < -0.39 is 0 Å². The van der Waals surface area contributed by atoms with E-state index in [1.807, 2.05) is 39.8 Å². The maximum Gasteiger partial charge on any atom is 0.266 e. The second-order valence-electron chi connectivity index (χ2n) is 6.11. The van der Waals surface area contributed by atoms with Crippen LogP contribution >= 0.6 is 27.7 Å². The van der Waals surface area contributed by atoms with E-state index in [2.05, 4.69) is 20.9 Å². The van der Waals surface area contributed by atoms with Gasteiger partial charge in [0.05, 0.1) is 23.6 Å². The molecule has 0 unspecified atom stereocenters. The van der Waals surface area contributed by atoms with Gasteiger partial charge in [-0.3, -0.25) is 14.7 Å². The number of amides is 1. The molecule has 2 rings (SSSR count). The Hall–Kier alpha value is -1.47. The van der Waals surface area contributed by atoms with Crippen molar-refractivity contribution < 1.29 is 14.3 Å². The number of hydrogen-bond acceptors (Lipinski definition) is 5. The molecule has 0 atom stereocenters. The molecule has 0 N–H and O–H groups in total. The van der Waals surface area contributed by atoms with E-state index >= 15 is 0 Å². The third-order valence-electron chi connectivity index (χ3n) is 3.51. The second-order valence-corrected chi connectivity index (χ2v) is 7.98. The van der Waals surface area contributed by atoms with Crippen LogP contribution in [0.1, 0.15) is 33.3 Å². The van der Waals surface area contributed by atoms with E-state index in [0.717, 1.165) is 15.2 Å². The molecule has 1 saturated heterocycles. The van der Waals surface area contributed by atoms with Crippen molar-refractivity contribution in [1.82, 2.24) is 4.90 Å². The highest BCUT2D eigenvalue weighted by molar-refractivity contribution is 9.10. The minimum atomic E-state index is -0.0339. The first-order valence-corrected chi connectivity index (χ1v) is 9.61. The lowest BCUT2D eigenvalue weighted by molar-refractivity contribution is -0.123. The number of halogens is 1. The average Bonchev–Trinajstić information content (AvgIpc) is 2.82. The van der Waals surface area contributed by atoms with E-state index in [9.17, 15) is 4.79 Å². The Morgan fingerprint density at radius 2 is 1.80 bits per heavy atom. The molecule has 136 valence electrons. The fourth-order valence-electron chi connectivity index (χ4n) is 2.39. The first-order valence-electron chi connectivity index (χ1n) is 8.00. The molecule has 5 nitrogen and oxygen atoms in total. The maximum atomic E-state index is 12.8. The third-order valence-corrected chi connectivity index (χ3v) is 5.13. The highest BCUT2D eigenvalue weighted by Crippen LogP contribution is 2.38. The topological polar surface area (TPSA) is 51.1 Å². The number of ether oxygens (including phenoxy) is 2. The minimum absolute atomic E-state index is 0.0339. The highest BCUT2D eigenvalue weighted by atomic mass is 79.9. The Labute approximate surface area is 161 Å².